The van der Waals surface area contributed by atoms with Gasteiger partial charge in [0.2, 0.25) is 11.1 Å². The van der Waals surface area contributed by atoms with Crippen LogP contribution in [0.4, 0.5) is 5.95 Å². The number of hydrogen-bond donors (Lipinski definition) is 1. The van der Waals surface area contributed by atoms with Crippen molar-refractivity contribution in [2.45, 2.75) is 44.1 Å². The third kappa shape index (κ3) is 6.78. The topological polar surface area (TPSA) is 87.5 Å². The molecule has 0 saturated carbocycles. The van der Waals surface area contributed by atoms with Gasteiger partial charge in [0.1, 0.15) is 12.6 Å². The number of rotatable bonds is 12. The van der Waals surface area contributed by atoms with Crippen molar-refractivity contribution >= 4 is 35.3 Å². The second kappa shape index (κ2) is 13.1. The number of nitrogens with one attached hydrogen (secondary N) is 1. The van der Waals surface area contributed by atoms with E-state index in [0.717, 1.165) is 17.5 Å². The maximum atomic E-state index is 13.2. The molecule has 206 valence electrons. The Balaban J connectivity index is 1.69. The van der Waals surface area contributed by atoms with Gasteiger partial charge in [0.15, 0.2) is 11.5 Å². The van der Waals surface area contributed by atoms with Crippen LogP contribution in [0.3, 0.4) is 0 Å². The van der Waals surface area contributed by atoms with Gasteiger partial charge in [0.25, 0.3) is 0 Å². The van der Waals surface area contributed by atoms with Crippen LogP contribution < -0.4 is 14.8 Å². The number of anilines is 1. The van der Waals surface area contributed by atoms with Gasteiger partial charge in [-0.1, -0.05) is 74.1 Å². The summed E-state index contributed by atoms with van der Waals surface area (Å²) in [4.78, 5) is 17.9. The second-order valence-corrected chi connectivity index (χ2v) is 10.8. The maximum absolute atomic E-state index is 13.2. The van der Waals surface area contributed by atoms with Gasteiger partial charge in [-0.25, -0.2) is 9.48 Å². The SMILES string of the molecule is C=CCOC(=O)C1=C(C)Nc2nc(SCc3ccccc3Cl)nn2C1c1ccc(OCCC(C)C)c(OC)c1. The summed E-state index contributed by atoms with van der Waals surface area (Å²) in [5, 5.41) is 9.24. The standard InChI is InChI=1S/C29H33ClN4O4S/c1-6-14-38-27(35)25-19(4)31-28-32-29(39-17-21-9-7-8-10-22(21)30)33-34(28)26(25)20-11-12-23(24(16-20)36-5)37-15-13-18(2)3/h6-12,16,18,26H,1,13-15,17H2,2-5H3,(H,31,32,33). The highest BCUT2D eigenvalue weighted by Gasteiger charge is 2.35. The average molecular weight is 569 g/mol. The summed E-state index contributed by atoms with van der Waals surface area (Å²) >= 11 is 7.80. The lowest BCUT2D eigenvalue weighted by atomic mass is 9.95. The van der Waals surface area contributed by atoms with E-state index in [1.165, 1.54) is 17.8 Å². The van der Waals surface area contributed by atoms with E-state index in [1.807, 2.05) is 49.4 Å². The van der Waals surface area contributed by atoms with Crippen LogP contribution in [-0.2, 0) is 15.3 Å². The van der Waals surface area contributed by atoms with Crippen molar-refractivity contribution in [3.05, 3.63) is 82.5 Å². The number of hydrogen-bond acceptors (Lipinski definition) is 8. The number of methoxy groups -OCH3 is 1. The number of allylic oxidation sites excluding steroid dienone is 1. The summed E-state index contributed by atoms with van der Waals surface area (Å²) in [6, 6.07) is 12.7. The highest BCUT2D eigenvalue weighted by atomic mass is 35.5. The molecule has 0 spiro atoms. The van der Waals surface area contributed by atoms with Crippen LogP contribution in [0.1, 0.15) is 44.4 Å². The predicted octanol–water partition coefficient (Wildman–Crippen LogP) is 6.68. The molecule has 39 heavy (non-hydrogen) atoms. The molecule has 1 unspecified atom stereocenters. The molecule has 1 aromatic heterocycles. The number of fused-ring (bicyclic) bond motifs is 1. The molecule has 1 atom stereocenters. The van der Waals surface area contributed by atoms with E-state index in [4.69, 9.17) is 35.9 Å². The number of ether oxygens (including phenoxy) is 3. The number of carbonyl (C=O) groups is 1. The lowest BCUT2D eigenvalue weighted by molar-refractivity contribution is -0.138. The van der Waals surface area contributed by atoms with E-state index in [2.05, 4.69) is 25.7 Å². The zero-order valence-electron chi connectivity index (χ0n) is 22.6. The van der Waals surface area contributed by atoms with Crippen LogP contribution in [-0.4, -0.2) is 41.1 Å². The lowest BCUT2D eigenvalue weighted by Gasteiger charge is -2.28. The molecule has 0 fully saturated rings. The summed E-state index contributed by atoms with van der Waals surface area (Å²) < 4.78 is 18.8. The van der Waals surface area contributed by atoms with Gasteiger partial charge < -0.3 is 19.5 Å². The number of aromatic nitrogens is 3. The minimum Gasteiger partial charge on any atom is -0.493 e. The second-order valence-electron chi connectivity index (χ2n) is 9.44. The highest BCUT2D eigenvalue weighted by Crippen LogP contribution is 2.40. The molecule has 1 N–H and O–H groups in total. The minimum absolute atomic E-state index is 0.0947. The lowest BCUT2D eigenvalue weighted by Crippen LogP contribution is -2.29. The Morgan fingerprint density at radius 2 is 2.05 bits per heavy atom. The number of nitrogens with zero attached hydrogens (tertiary/aromatic N) is 3. The molecule has 2 aromatic carbocycles. The van der Waals surface area contributed by atoms with Crippen LogP contribution in [0.2, 0.25) is 5.02 Å². The van der Waals surface area contributed by atoms with Crippen molar-refractivity contribution in [3.63, 3.8) is 0 Å². The molecule has 4 rings (SSSR count). The molecular weight excluding hydrogens is 536 g/mol. The van der Waals surface area contributed by atoms with Gasteiger partial charge in [-0.05, 0) is 48.6 Å². The van der Waals surface area contributed by atoms with Crippen molar-refractivity contribution in [1.29, 1.82) is 0 Å². The van der Waals surface area contributed by atoms with E-state index < -0.39 is 12.0 Å². The number of thioether (sulfide) groups is 1. The van der Waals surface area contributed by atoms with Crippen molar-refractivity contribution in [3.8, 4) is 11.5 Å². The zero-order chi connectivity index (χ0) is 27.9. The summed E-state index contributed by atoms with van der Waals surface area (Å²) in [7, 11) is 1.60. The van der Waals surface area contributed by atoms with E-state index in [9.17, 15) is 4.79 Å². The summed E-state index contributed by atoms with van der Waals surface area (Å²) in [5.41, 5.74) is 2.82. The first kappa shape index (κ1) is 28.6. The first-order valence-corrected chi connectivity index (χ1v) is 14.1. The van der Waals surface area contributed by atoms with Crippen molar-refractivity contribution < 1.29 is 19.0 Å². The van der Waals surface area contributed by atoms with Crippen molar-refractivity contribution in [2.75, 3.05) is 25.6 Å². The van der Waals surface area contributed by atoms with Crippen molar-refractivity contribution in [2.24, 2.45) is 5.92 Å². The third-order valence-electron chi connectivity index (χ3n) is 6.16. The van der Waals surface area contributed by atoms with Gasteiger partial charge in [-0.2, -0.15) is 4.98 Å². The zero-order valence-corrected chi connectivity index (χ0v) is 24.1. The molecule has 0 saturated heterocycles. The van der Waals surface area contributed by atoms with Crippen LogP contribution >= 0.6 is 23.4 Å². The average Bonchev–Trinajstić information content (AvgIpc) is 3.32. The Hall–Kier alpha value is -3.43. The molecule has 1 aliphatic rings. The van der Waals surface area contributed by atoms with Crippen LogP contribution in [0.25, 0.3) is 0 Å². The fourth-order valence-corrected chi connectivity index (χ4v) is 5.23. The Bertz CT molecular complexity index is 1370. The van der Waals surface area contributed by atoms with Gasteiger partial charge in [0.05, 0.1) is 19.3 Å². The largest absolute Gasteiger partial charge is 0.493 e. The fraction of sp³-hybridized carbons (Fsp3) is 0.345. The molecule has 0 aliphatic carbocycles. The quantitative estimate of drug-likeness (QED) is 0.147. The van der Waals surface area contributed by atoms with Gasteiger partial charge in [-0.15, -0.1) is 5.10 Å². The predicted molar refractivity (Wildman–Crippen MR) is 155 cm³/mol. The Kier molecular flexibility index (Phi) is 9.59. The first-order chi connectivity index (χ1) is 18.8. The van der Waals surface area contributed by atoms with E-state index in [-0.39, 0.29) is 6.61 Å². The fourth-order valence-electron chi connectivity index (χ4n) is 4.11. The molecule has 0 bridgehead atoms. The van der Waals surface area contributed by atoms with Gasteiger partial charge in [-0.3, -0.25) is 0 Å². The van der Waals surface area contributed by atoms with Crippen LogP contribution in [0, 0.1) is 5.92 Å². The monoisotopic (exact) mass is 568 g/mol. The summed E-state index contributed by atoms with van der Waals surface area (Å²) in [6.07, 6.45) is 2.47. The third-order valence-corrected chi connectivity index (χ3v) is 7.41. The smallest absolute Gasteiger partial charge is 0.338 e. The van der Waals surface area contributed by atoms with E-state index >= 15 is 0 Å². The van der Waals surface area contributed by atoms with Gasteiger partial charge in [0, 0.05) is 16.5 Å². The number of esters is 1. The summed E-state index contributed by atoms with van der Waals surface area (Å²) in [5.74, 6) is 2.40. The van der Waals surface area contributed by atoms with E-state index in [1.54, 1.807) is 11.8 Å². The van der Waals surface area contributed by atoms with Gasteiger partial charge >= 0.3 is 5.97 Å². The molecule has 0 radical (unpaired) electrons. The molecule has 10 heteroatoms. The highest BCUT2D eigenvalue weighted by molar-refractivity contribution is 7.98. The number of benzene rings is 2. The normalized spacial score (nSPS) is 14.6. The first-order valence-electron chi connectivity index (χ1n) is 12.7. The minimum atomic E-state index is -0.598. The molecule has 8 nitrogen and oxygen atoms in total. The Morgan fingerprint density at radius 1 is 1.26 bits per heavy atom. The molecule has 2 heterocycles. The van der Waals surface area contributed by atoms with E-state index in [0.29, 0.717) is 57.2 Å². The Labute approximate surface area is 238 Å². The molecule has 1 aliphatic heterocycles. The Morgan fingerprint density at radius 3 is 2.77 bits per heavy atom. The van der Waals surface area contributed by atoms with Crippen LogP contribution in [0.15, 0.2) is 71.5 Å². The number of carbonyl (C=O) groups excluding carboxylic acids is 1. The number of halogens is 1. The molecular formula is C29H33ClN4O4S. The molecule has 0 amide bonds. The molecule has 3 aromatic rings. The van der Waals surface area contributed by atoms with Crippen molar-refractivity contribution in [1.82, 2.24) is 14.8 Å². The summed E-state index contributed by atoms with van der Waals surface area (Å²) in [6.45, 7) is 10.5. The van der Waals surface area contributed by atoms with Crippen LogP contribution in [0.5, 0.6) is 11.5 Å². The maximum Gasteiger partial charge on any atom is 0.338 e.